The number of ether oxygens (including phenoxy) is 1. The molecule has 13 heteroatoms. The first-order chi connectivity index (χ1) is 19.8. The number of pyridine rings is 1. The van der Waals surface area contributed by atoms with Crippen LogP contribution >= 0.6 is 12.2 Å². The third kappa shape index (κ3) is 5.66. The summed E-state index contributed by atoms with van der Waals surface area (Å²) in [5.74, 6) is 0.322. The van der Waals surface area contributed by atoms with E-state index in [2.05, 4.69) is 15.0 Å². The average molecular weight is 616 g/mol. The highest BCUT2D eigenvalue weighted by Crippen LogP contribution is 2.45. The number of alkyl halides is 3. The summed E-state index contributed by atoms with van der Waals surface area (Å²) in [4.78, 5) is 6.42. The number of nitrogens with one attached hydrogen (secondary N) is 2. The second-order valence-electron chi connectivity index (χ2n) is 9.97. The Morgan fingerprint density at radius 3 is 2.43 bits per heavy atom. The number of thiocarbonyl (C=S) groups is 1. The zero-order chi connectivity index (χ0) is 30.4. The van der Waals surface area contributed by atoms with Gasteiger partial charge in [0.25, 0.3) is 0 Å². The Hall–Kier alpha value is -4.10. The van der Waals surface area contributed by atoms with Crippen LogP contribution in [0, 0.1) is 13.8 Å². The molecular formula is C29H28F3N5O3S2. The SMILES string of the molecule is COc1ccc(N2C(=S)N[C@@H](c3ccccn3)[C@@H]2c2cc(C)n(-c3cccc(C(F)(F)F)c3)c2C)cc1NS(C)(=O)=O. The molecule has 0 aliphatic carbocycles. The quantitative estimate of drug-likeness (QED) is 0.244. The van der Waals surface area contributed by atoms with E-state index in [-0.39, 0.29) is 5.69 Å². The van der Waals surface area contributed by atoms with Crippen LogP contribution in [0.15, 0.2) is 72.9 Å². The highest BCUT2D eigenvalue weighted by atomic mass is 32.2. The third-order valence-electron chi connectivity index (χ3n) is 7.08. The molecule has 2 aromatic carbocycles. The average Bonchev–Trinajstić information content (AvgIpc) is 3.42. The number of aryl methyl sites for hydroxylation is 1. The van der Waals surface area contributed by atoms with Crippen LogP contribution in [0.2, 0.25) is 0 Å². The summed E-state index contributed by atoms with van der Waals surface area (Å²) in [5, 5.41) is 3.73. The van der Waals surface area contributed by atoms with E-state index < -0.39 is 33.8 Å². The van der Waals surface area contributed by atoms with Crippen molar-refractivity contribution < 1.29 is 26.3 Å². The minimum atomic E-state index is -4.48. The molecule has 1 aliphatic heterocycles. The lowest BCUT2D eigenvalue weighted by Crippen LogP contribution is -2.29. The molecule has 1 fully saturated rings. The number of benzene rings is 2. The molecule has 4 aromatic rings. The van der Waals surface area contributed by atoms with Crippen LogP contribution in [0.25, 0.3) is 5.69 Å². The molecule has 220 valence electrons. The van der Waals surface area contributed by atoms with Gasteiger partial charge in [0.15, 0.2) is 5.11 Å². The monoisotopic (exact) mass is 615 g/mol. The van der Waals surface area contributed by atoms with E-state index in [1.807, 2.05) is 36.9 Å². The maximum Gasteiger partial charge on any atom is 0.416 e. The van der Waals surface area contributed by atoms with E-state index in [1.165, 1.54) is 13.2 Å². The van der Waals surface area contributed by atoms with Gasteiger partial charge < -0.3 is 19.5 Å². The predicted molar refractivity (Wildman–Crippen MR) is 160 cm³/mol. The summed E-state index contributed by atoms with van der Waals surface area (Å²) in [6.45, 7) is 3.68. The Kier molecular flexibility index (Phi) is 7.66. The summed E-state index contributed by atoms with van der Waals surface area (Å²) in [6.07, 6.45) is -1.76. The van der Waals surface area contributed by atoms with Gasteiger partial charge in [-0.2, -0.15) is 13.2 Å². The normalized spacial score (nSPS) is 17.3. The number of anilines is 2. The van der Waals surface area contributed by atoms with E-state index in [9.17, 15) is 21.6 Å². The van der Waals surface area contributed by atoms with Crippen molar-refractivity contribution in [2.75, 3.05) is 23.0 Å². The Balaban J connectivity index is 1.68. The van der Waals surface area contributed by atoms with Crippen molar-refractivity contribution in [3.05, 3.63) is 101 Å². The third-order valence-corrected chi connectivity index (χ3v) is 7.98. The fourth-order valence-corrected chi connectivity index (χ4v) is 6.28. The molecule has 5 rings (SSSR count). The number of rotatable bonds is 7. The van der Waals surface area contributed by atoms with Crippen LogP contribution in [-0.4, -0.2) is 36.4 Å². The van der Waals surface area contributed by atoms with Crippen molar-refractivity contribution in [2.24, 2.45) is 0 Å². The molecule has 1 aliphatic rings. The molecule has 3 heterocycles. The van der Waals surface area contributed by atoms with Gasteiger partial charge in [-0.05, 0) is 86.2 Å². The zero-order valence-corrected chi connectivity index (χ0v) is 24.7. The second kappa shape index (κ2) is 11.0. The minimum absolute atomic E-state index is 0.231. The number of hydrogen-bond donors (Lipinski definition) is 2. The van der Waals surface area contributed by atoms with Gasteiger partial charge in [-0.15, -0.1) is 0 Å². The van der Waals surface area contributed by atoms with Crippen molar-refractivity contribution in [3.63, 3.8) is 0 Å². The van der Waals surface area contributed by atoms with Crippen molar-refractivity contribution in [1.82, 2.24) is 14.9 Å². The molecule has 8 nitrogen and oxygen atoms in total. The lowest BCUT2D eigenvalue weighted by Gasteiger charge is -2.29. The summed E-state index contributed by atoms with van der Waals surface area (Å²) in [5.41, 5.74) is 3.41. The number of hydrogen-bond acceptors (Lipinski definition) is 5. The lowest BCUT2D eigenvalue weighted by molar-refractivity contribution is -0.137. The summed E-state index contributed by atoms with van der Waals surface area (Å²) in [6, 6.07) is 16.8. The van der Waals surface area contributed by atoms with Crippen molar-refractivity contribution >= 4 is 38.7 Å². The maximum absolute atomic E-state index is 13.5. The number of halogens is 3. The zero-order valence-electron chi connectivity index (χ0n) is 23.1. The van der Waals surface area contributed by atoms with Gasteiger partial charge >= 0.3 is 6.18 Å². The number of methoxy groups -OCH3 is 1. The second-order valence-corrected chi connectivity index (χ2v) is 12.1. The molecule has 0 spiro atoms. The van der Waals surface area contributed by atoms with Crippen LogP contribution in [0.4, 0.5) is 24.5 Å². The molecule has 0 saturated carbocycles. The molecule has 0 amide bonds. The molecule has 2 N–H and O–H groups in total. The number of aromatic nitrogens is 2. The number of nitrogens with zero attached hydrogens (tertiary/aromatic N) is 3. The van der Waals surface area contributed by atoms with Gasteiger partial charge in [0.05, 0.1) is 42.4 Å². The summed E-state index contributed by atoms with van der Waals surface area (Å²) in [7, 11) is -2.19. The topological polar surface area (TPSA) is 88.5 Å². The van der Waals surface area contributed by atoms with Crippen molar-refractivity contribution in [2.45, 2.75) is 32.1 Å². The van der Waals surface area contributed by atoms with Gasteiger partial charge in [0, 0.05) is 29.0 Å². The maximum atomic E-state index is 13.5. The highest BCUT2D eigenvalue weighted by Gasteiger charge is 2.42. The largest absolute Gasteiger partial charge is 0.495 e. The van der Waals surface area contributed by atoms with Crippen LogP contribution in [-0.2, 0) is 16.2 Å². The van der Waals surface area contributed by atoms with Gasteiger partial charge in [-0.3, -0.25) is 9.71 Å². The van der Waals surface area contributed by atoms with Crippen molar-refractivity contribution in [3.8, 4) is 11.4 Å². The molecule has 1 saturated heterocycles. The van der Waals surface area contributed by atoms with E-state index in [0.29, 0.717) is 27.9 Å². The summed E-state index contributed by atoms with van der Waals surface area (Å²) < 4.78 is 74.5. The Labute approximate surface area is 247 Å². The van der Waals surface area contributed by atoms with Gasteiger partial charge in [-0.1, -0.05) is 12.1 Å². The van der Waals surface area contributed by atoms with Crippen LogP contribution in [0.5, 0.6) is 5.75 Å². The molecule has 0 radical (unpaired) electrons. The standard InChI is InChI=1S/C29H28F3N5O3S2/c1-17-14-22(18(2)36(17)20-9-7-8-19(15-20)29(30,31)32)27-26(23-10-5-6-13-33-23)34-28(41)37(27)21-11-12-25(40-3)24(16-21)35-42(4,38)39/h5-16,26-27,35H,1-4H3,(H,34,41)/t26-,27-/m0/s1. The van der Waals surface area contributed by atoms with E-state index in [1.54, 1.807) is 41.1 Å². The molecule has 2 atom stereocenters. The lowest BCUT2D eigenvalue weighted by atomic mass is 9.96. The van der Waals surface area contributed by atoms with E-state index in [0.717, 1.165) is 35.3 Å². The van der Waals surface area contributed by atoms with Gasteiger partial charge in [0.2, 0.25) is 10.0 Å². The number of sulfonamides is 1. The first kappa shape index (κ1) is 29.4. The first-order valence-electron chi connectivity index (χ1n) is 12.8. The minimum Gasteiger partial charge on any atom is -0.495 e. The van der Waals surface area contributed by atoms with E-state index >= 15 is 0 Å². The van der Waals surface area contributed by atoms with Crippen molar-refractivity contribution in [1.29, 1.82) is 0 Å². The molecule has 2 aromatic heterocycles. The Bertz CT molecular complexity index is 1760. The molecule has 0 bridgehead atoms. The summed E-state index contributed by atoms with van der Waals surface area (Å²) >= 11 is 5.81. The van der Waals surface area contributed by atoms with Gasteiger partial charge in [0.1, 0.15) is 5.75 Å². The Morgan fingerprint density at radius 2 is 1.79 bits per heavy atom. The highest BCUT2D eigenvalue weighted by molar-refractivity contribution is 7.92. The molecule has 0 unspecified atom stereocenters. The van der Waals surface area contributed by atoms with Crippen LogP contribution < -0.4 is 19.7 Å². The Morgan fingerprint density at radius 1 is 1.02 bits per heavy atom. The fourth-order valence-electron chi connectivity index (χ4n) is 5.38. The van der Waals surface area contributed by atoms with Crippen LogP contribution in [0.3, 0.4) is 0 Å². The fraction of sp³-hybridized carbons (Fsp3) is 0.241. The first-order valence-corrected chi connectivity index (χ1v) is 15.1. The van der Waals surface area contributed by atoms with Crippen LogP contribution in [0.1, 0.15) is 40.3 Å². The molecule has 42 heavy (non-hydrogen) atoms. The van der Waals surface area contributed by atoms with E-state index in [4.69, 9.17) is 17.0 Å². The van der Waals surface area contributed by atoms with Gasteiger partial charge in [-0.25, -0.2) is 8.42 Å². The predicted octanol–water partition coefficient (Wildman–Crippen LogP) is 6.07. The smallest absolute Gasteiger partial charge is 0.416 e. The molecular weight excluding hydrogens is 587 g/mol.